The van der Waals surface area contributed by atoms with Gasteiger partial charge in [0.1, 0.15) is 6.10 Å². The Balaban J connectivity index is 1.77. The van der Waals surface area contributed by atoms with E-state index in [1.807, 2.05) is 6.92 Å². The van der Waals surface area contributed by atoms with Crippen molar-refractivity contribution in [1.82, 2.24) is 0 Å². The first kappa shape index (κ1) is 17.3. The standard InChI is InChI=1S/C20H28O6/c1-10-11-3-4-12-18-9-26-20(25,19(12,7-11)15(10)23)16(24)14(18)17(2,8-21)6-5-13(18)22/h11-14,16,21-22,24-25H,1,3-9H2,2H3/t11-,12+,13+,14-,16+,17-,18-,19+,20-/m1/s1. The van der Waals surface area contributed by atoms with Crippen LogP contribution in [0.25, 0.3) is 0 Å². The Morgan fingerprint density at radius 2 is 2.00 bits per heavy atom. The number of Topliss-reactive ketones (excluding diaryl/α,β-unsaturated/α-hetero) is 1. The second-order valence-corrected chi connectivity index (χ2v) is 9.74. The lowest BCUT2D eigenvalue weighted by molar-refractivity contribution is -0.450. The van der Waals surface area contributed by atoms with E-state index < -0.39 is 40.2 Å². The lowest BCUT2D eigenvalue weighted by Gasteiger charge is -2.74. The number of ketones is 1. The molecule has 2 heterocycles. The van der Waals surface area contributed by atoms with E-state index in [1.165, 1.54) is 0 Å². The fourth-order valence-electron chi connectivity index (χ4n) is 7.83. The van der Waals surface area contributed by atoms with Gasteiger partial charge in [-0.3, -0.25) is 4.79 Å². The molecule has 2 aliphatic heterocycles. The molecule has 0 aromatic rings. The first-order valence-corrected chi connectivity index (χ1v) is 9.76. The van der Waals surface area contributed by atoms with Crippen LogP contribution in [0.4, 0.5) is 0 Å². The predicted molar refractivity (Wildman–Crippen MR) is 90.7 cm³/mol. The Bertz CT molecular complexity index is 706. The van der Waals surface area contributed by atoms with Crippen molar-refractivity contribution in [2.75, 3.05) is 13.2 Å². The molecule has 6 heteroatoms. The van der Waals surface area contributed by atoms with Gasteiger partial charge in [0.05, 0.1) is 18.1 Å². The molecule has 6 nitrogen and oxygen atoms in total. The molecule has 6 aliphatic rings. The minimum absolute atomic E-state index is 0.0118. The minimum atomic E-state index is -1.98. The summed E-state index contributed by atoms with van der Waals surface area (Å²) in [5, 5.41) is 44.2. The van der Waals surface area contributed by atoms with E-state index in [1.54, 1.807) is 0 Å². The number of hydrogen-bond acceptors (Lipinski definition) is 6. The van der Waals surface area contributed by atoms with Gasteiger partial charge in [-0.05, 0) is 54.9 Å². The highest BCUT2D eigenvalue weighted by Crippen LogP contribution is 2.76. The molecule has 4 N–H and O–H groups in total. The van der Waals surface area contributed by atoms with E-state index in [0.29, 0.717) is 31.3 Å². The number of ether oxygens (including phenoxy) is 1. The van der Waals surface area contributed by atoms with Crippen molar-refractivity contribution >= 4 is 5.78 Å². The van der Waals surface area contributed by atoms with Crippen LogP contribution >= 0.6 is 0 Å². The van der Waals surface area contributed by atoms with Crippen molar-refractivity contribution in [1.29, 1.82) is 0 Å². The van der Waals surface area contributed by atoms with Crippen LogP contribution in [0, 0.1) is 34.0 Å². The fourth-order valence-corrected chi connectivity index (χ4v) is 7.83. The van der Waals surface area contributed by atoms with Gasteiger partial charge >= 0.3 is 0 Å². The van der Waals surface area contributed by atoms with Gasteiger partial charge in [0.15, 0.2) is 5.78 Å². The van der Waals surface area contributed by atoms with Crippen LogP contribution in [0.2, 0.25) is 0 Å². The maximum Gasteiger partial charge on any atom is 0.205 e. The molecule has 4 bridgehead atoms. The second-order valence-electron chi connectivity index (χ2n) is 9.74. The van der Waals surface area contributed by atoms with Gasteiger partial charge in [-0.15, -0.1) is 0 Å². The molecule has 0 unspecified atom stereocenters. The van der Waals surface area contributed by atoms with Gasteiger partial charge in [-0.1, -0.05) is 13.5 Å². The first-order chi connectivity index (χ1) is 12.2. The van der Waals surface area contributed by atoms with Crippen LogP contribution in [-0.4, -0.2) is 57.4 Å². The summed E-state index contributed by atoms with van der Waals surface area (Å²) in [5.74, 6) is -2.96. The van der Waals surface area contributed by atoms with Crippen molar-refractivity contribution in [3.63, 3.8) is 0 Å². The quantitative estimate of drug-likeness (QED) is 0.501. The van der Waals surface area contributed by atoms with Crippen molar-refractivity contribution in [3.8, 4) is 0 Å². The van der Waals surface area contributed by atoms with Crippen LogP contribution in [0.1, 0.15) is 39.0 Å². The Labute approximate surface area is 152 Å². The zero-order valence-corrected chi connectivity index (χ0v) is 15.1. The summed E-state index contributed by atoms with van der Waals surface area (Å²) >= 11 is 0. The summed E-state index contributed by atoms with van der Waals surface area (Å²) in [6.45, 7) is 5.85. The number of hydrogen-bond donors (Lipinski definition) is 4. The van der Waals surface area contributed by atoms with E-state index in [4.69, 9.17) is 4.74 Å². The van der Waals surface area contributed by atoms with E-state index >= 15 is 0 Å². The van der Waals surface area contributed by atoms with Gasteiger partial charge in [0.2, 0.25) is 5.79 Å². The number of carbonyl (C=O) groups is 1. The average Bonchev–Trinajstić information content (AvgIpc) is 2.82. The lowest BCUT2D eigenvalue weighted by Crippen LogP contribution is -2.84. The van der Waals surface area contributed by atoms with Crippen LogP contribution in [0.5, 0.6) is 0 Å². The summed E-state index contributed by atoms with van der Waals surface area (Å²) < 4.78 is 5.86. The highest BCUT2D eigenvalue weighted by Gasteiger charge is 2.84. The Morgan fingerprint density at radius 3 is 2.69 bits per heavy atom. The molecule has 6 rings (SSSR count). The molecule has 4 saturated carbocycles. The monoisotopic (exact) mass is 364 g/mol. The third-order valence-electron chi connectivity index (χ3n) is 9.00. The van der Waals surface area contributed by atoms with Crippen molar-refractivity contribution in [3.05, 3.63) is 12.2 Å². The van der Waals surface area contributed by atoms with Gasteiger partial charge in [0, 0.05) is 17.9 Å². The number of allylic oxidation sites excluding steroid dienone is 1. The smallest absolute Gasteiger partial charge is 0.205 e. The van der Waals surface area contributed by atoms with Crippen LogP contribution in [0.3, 0.4) is 0 Å². The minimum Gasteiger partial charge on any atom is -0.396 e. The zero-order valence-electron chi connectivity index (χ0n) is 15.1. The summed E-state index contributed by atoms with van der Waals surface area (Å²) in [5.41, 5.74) is -2.17. The SMILES string of the molecule is C=C1C(=O)[C@]23C[C@H]1CC[C@H]2[C@@]12CO[C@]3(O)[C@@H](O)[C@@H]1[C@@](C)(CO)CC[C@@H]2O. The van der Waals surface area contributed by atoms with Crippen LogP contribution in [-0.2, 0) is 9.53 Å². The van der Waals surface area contributed by atoms with Crippen LogP contribution < -0.4 is 0 Å². The van der Waals surface area contributed by atoms with E-state index in [2.05, 4.69) is 6.58 Å². The molecule has 6 fully saturated rings. The molecule has 0 aromatic carbocycles. The molecule has 0 radical (unpaired) electrons. The molecule has 2 spiro atoms. The number of aliphatic hydroxyl groups excluding tert-OH is 3. The number of fused-ring (bicyclic) bond motifs is 2. The van der Waals surface area contributed by atoms with Crippen molar-refractivity contribution in [2.45, 2.75) is 57.0 Å². The largest absolute Gasteiger partial charge is 0.396 e. The molecule has 0 aromatic heterocycles. The summed E-state index contributed by atoms with van der Waals surface area (Å²) in [6, 6.07) is 0. The highest BCUT2D eigenvalue weighted by atomic mass is 16.6. The maximum atomic E-state index is 13.3. The predicted octanol–water partition coefficient (Wildman–Crippen LogP) is 0.377. The summed E-state index contributed by atoms with van der Waals surface area (Å²) in [6.07, 6.45) is 0.934. The molecular weight excluding hydrogens is 336 g/mol. The molecule has 2 saturated heterocycles. The van der Waals surface area contributed by atoms with Crippen molar-refractivity contribution < 1.29 is 30.0 Å². The molecule has 9 atom stereocenters. The Kier molecular flexibility index (Phi) is 3.19. The van der Waals surface area contributed by atoms with E-state index in [9.17, 15) is 25.2 Å². The Morgan fingerprint density at radius 1 is 1.27 bits per heavy atom. The molecular formula is C20H28O6. The number of aliphatic hydroxyl groups is 4. The molecule has 144 valence electrons. The van der Waals surface area contributed by atoms with E-state index in [0.717, 1.165) is 6.42 Å². The summed E-state index contributed by atoms with van der Waals surface area (Å²) in [7, 11) is 0. The lowest BCUT2D eigenvalue weighted by atomic mass is 9.36. The van der Waals surface area contributed by atoms with Gasteiger partial charge in [0.25, 0.3) is 0 Å². The van der Waals surface area contributed by atoms with E-state index in [-0.39, 0.29) is 30.8 Å². The van der Waals surface area contributed by atoms with Crippen LogP contribution in [0.15, 0.2) is 12.2 Å². The summed E-state index contributed by atoms with van der Waals surface area (Å²) in [4.78, 5) is 13.3. The molecule has 26 heavy (non-hydrogen) atoms. The topological polar surface area (TPSA) is 107 Å². The molecule has 0 amide bonds. The van der Waals surface area contributed by atoms with Crippen molar-refractivity contribution in [2.24, 2.45) is 34.0 Å². The number of rotatable bonds is 1. The second kappa shape index (κ2) is 4.78. The first-order valence-electron chi connectivity index (χ1n) is 9.76. The average molecular weight is 364 g/mol. The highest BCUT2D eigenvalue weighted by molar-refractivity contribution is 6.04. The van der Waals surface area contributed by atoms with Gasteiger partial charge in [-0.25, -0.2) is 0 Å². The third kappa shape index (κ3) is 1.47. The molecule has 4 aliphatic carbocycles. The van der Waals surface area contributed by atoms with Gasteiger partial charge in [-0.2, -0.15) is 0 Å². The fraction of sp³-hybridized carbons (Fsp3) is 0.850. The third-order valence-corrected chi connectivity index (χ3v) is 9.00. The maximum absolute atomic E-state index is 13.3. The Hall–Kier alpha value is -0.790. The number of carbonyl (C=O) groups excluding carboxylic acids is 1. The van der Waals surface area contributed by atoms with Gasteiger partial charge < -0.3 is 25.2 Å². The zero-order chi connectivity index (χ0) is 18.7. The normalized spacial score (nSPS) is 60.7.